The van der Waals surface area contributed by atoms with Gasteiger partial charge >= 0.3 is 6.03 Å². The molecule has 0 radical (unpaired) electrons. The Morgan fingerprint density at radius 3 is 2.35 bits per heavy atom. The molecule has 2 saturated heterocycles. The van der Waals surface area contributed by atoms with Crippen LogP contribution in [-0.2, 0) is 4.79 Å². The van der Waals surface area contributed by atoms with E-state index in [-0.39, 0.29) is 17.9 Å². The number of amides is 3. The Balaban J connectivity index is 1.97. The molecule has 2 heterocycles. The van der Waals surface area contributed by atoms with Crippen LogP contribution in [0.2, 0.25) is 0 Å². The van der Waals surface area contributed by atoms with Crippen LogP contribution < -0.4 is 0 Å². The molecule has 6 heteroatoms. The Kier molecular flexibility index (Phi) is 5.89. The van der Waals surface area contributed by atoms with E-state index in [1.807, 2.05) is 16.8 Å². The van der Waals surface area contributed by atoms with Crippen LogP contribution in [0.5, 0.6) is 0 Å². The van der Waals surface area contributed by atoms with E-state index < -0.39 is 0 Å². The van der Waals surface area contributed by atoms with E-state index in [9.17, 15) is 9.59 Å². The zero-order chi connectivity index (χ0) is 17.1. The van der Waals surface area contributed by atoms with E-state index in [2.05, 4.69) is 18.9 Å². The number of hydrogen-bond donors (Lipinski definition) is 0. The van der Waals surface area contributed by atoms with Crippen molar-refractivity contribution in [2.45, 2.75) is 32.2 Å². The molecular formula is C17H32N4O2. The molecule has 0 N–H and O–H groups in total. The van der Waals surface area contributed by atoms with Crippen LogP contribution in [0.4, 0.5) is 4.79 Å². The maximum atomic E-state index is 12.9. The van der Waals surface area contributed by atoms with Gasteiger partial charge in [-0.15, -0.1) is 0 Å². The Morgan fingerprint density at radius 1 is 1.04 bits per heavy atom. The highest BCUT2D eigenvalue weighted by atomic mass is 16.2. The van der Waals surface area contributed by atoms with Gasteiger partial charge in [-0.25, -0.2) is 4.79 Å². The Hall–Kier alpha value is -1.30. The third-order valence-corrected chi connectivity index (χ3v) is 5.33. The molecular weight excluding hydrogens is 292 g/mol. The molecule has 3 atom stereocenters. The van der Waals surface area contributed by atoms with Crippen molar-refractivity contribution < 1.29 is 9.59 Å². The minimum absolute atomic E-state index is 0.0119. The number of nitrogens with zero attached hydrogens (tertiary/aromatic N) is 4. The van der Waals surface area contributed by atoms with Crippen LogP contribution in [0, 0.1) is 11.8 Å². The molecule has 0 aromatic carbocycles. The molecule has 2 rings (SSSR count). The first-order valence-electron chi connectivity index (χ1n) is 8.72. The highest BCUT2D eigenvalue weighted by Crippen LogP contribution is 2.25. The fourth-order valence-corrected chi connectivity index (χ4v) is 4.00. The molecule has 6 nitrogen and oxygen atoms in total. The fourth-order valence-electron chi connectivity index (χ4n) is 4.00. The maximum Gasteiger partial charge on any atom is 0.319 e. The van der Waals surface area contributed by atoms with Gasteiger partial charge in [0.1, 0.15) is 0 Å². The molecule has 0 bridgehead atoms. The standard InChI is InChI=1S/C17H32N4O2/c1-13-11-19(4)10-8-15(13)20(5)16(22)14-7-6-9-21(12-14)17(23)18(2)3/h13-15H,6-12H2,1-5H3/t13-,14+,15+/m1/s1. The lowest BCUT2D eigenvalue weighted by atomic mass is 9.90. The van der Waals surface area contributed by atoms with Gasteiger partial charge in [-0.3, -0.25) is 4.79 Å². The molecule has 3 amide bonds. The number of likely N-dealkylation sites (tertiary alicyclic amines) is 2. The molecule has 132 valence electrons. The third kappa shape index (κ3) is 4.16. The van der Waals surface area contributed by atoms with Crippen molar-refractivity contribution in [1.29, 1.82) is 0 Å². The van der Waals surface area contributed by atoms with Gasteiger partial charge in [0.15, 0.2) is 0 Å². The normalized spacial score (nSPS) is 29.3. The SMILES string of the molecule is C[C@@H]1CN(C)CC[C@@H]1N(C)C(=O)[C@H]1CCCN(C(=O)N(C)C)C1. The quantitative estimate of drug-likeness (QED) is 0.766. The predicted molar refractivity (Wildman–Crippen MR) is 91.2 cm³/mol. The molecule has 23 heavy (non-hydrogen) atoms. The lowest BCUT2D eigenvalue weighted by Gasteiger charge is -2.42. The summed E-state index contributed by atoms with van der Waals surface area (Å²) in [6, 6.07) is 0.330. The summed E-state index contributed by atoms with van der Waals surface area (Å²) in [7, 11) is 7.61. The zero-order valence-corrected chi connectivity index (χ0v) is 15.3. The van der Waals surface area contributed by atoms with Gasteiger partial charge in [0.2, 0.25) is 5.91 Å². The van der Waals surface area contributed by atoms with Crippen molar-refractivity contribution in [1.82, 2.24) is 19.6 Å². The first-order chi connectivity index (χ1) is 10.8. The lowest BCUT2D eigenvalue weighted by Crippen LogP contribution is -2.54. The van der Waals surface area contributed by atoms with Gasteiger partial charge in [-0.2, -0.15) is 0 Å². The molecule has 0 aromatic heterocycles. The highest BCUT2D eigenvalue weighted by Gasteiger charge is 2.35. The second-order valence-electron chi connectivity index (χ2n) is 7.51. The largest absolute Gasteiger partial charge is 0.342 e. The van der Waals surface area contributed by atoms with Crippen molar-refractivity contribution >= 4 is 11.9 Å². The minimum Gasteiger partial charge on any atom is -0.342 e. The Labute approximate surface area is 140 Å². The number of carbonyl (C=O) groups excluding carboxylic acids is 2. The van der Waals surface area contributed by atoms with Crippen molar-refractivity contribution in [2.24, 2.45) is 11.8 Å². The molecule has 0 aliphatic carbocycles. The molecule has 0 unspecified atom stereocenters. The Bertz CT molecular complexity index is 440. The van der Waals surface area contributed by atoms with Gasteiger partial charge in [0.05, 0.1) is 5.92 Å². The second kappa shape index (κ2) is 7.51. The second-order valence-corrected chi connectivity index (χ2v) is 7.51. The van der Waals surface area contributed by atoms with Gasteiger partial charge in [0.25, 0.3) is 0 Å². The number of piperidine rings is 2. The van der Waals surface area contributed by atoms with E-state index in [4.69, 9.17) is 0 Å². The van der Waals surface area contributed by atoms with Crippen LogP contribution in [0.15, 0.2) is 0 Å². The summed E-state index contributed by atoms with van der Waals surface area (Å²) in [5.41, 5.74) is 0. The first-order valence-corrected chi connectivity index (χ1v) is 8.72. The predicted octanol–water partition coefficient (Wildman–Crippen LogP) is 1.18. The molecule has 0 spiro atoms. The third-order valence-electron chi connectivity index (χ3n) is 5.33. The van der Waals surface area contributed by atoms with E-state index in [0.29, 0.717) is 18.5 Å². The summed E-state index contributed by atoms with van der Waals surface area (Å²) in [4.78, 5) is 32.8. The molecule has 0 aromatic rings. The zero-order valence-electron chi connectivity index (χ0n) is 15.3. The average molecular weight is 324 g/mol. The van der Waals surface area contributed by atoms with Gasteiger partial charge < -0.3 is 19.6 Å². The molecule has 2 aliphatic heterocycles. The van der Waals surface area contributed by atoms with Crippen LogP contribution in [0.3, 0.4) is 0 Å². The minimum atomic E-state index is -0.0514. The number of carbonyl (C=O) groups is 2. The molecule has 0 saturated carbocycles. The van der Waals surface area contributed by atoms with Crippen LogP contribution in [0.1, 0.15) is 26.2 Å². The summed E-state index contributed by atoms with van der Waals surface area (Å²) >= 11 is 0. The van der Waals surface area contributed by atoms with Crippen molar-refractivity contribution in [3.8, 4) is 0 Å². The number of hydrogen-bond acceptors (Lipinski definition) is 3. The van der Waals surface area contributed by atoms with Crippen LogP contribution in [0.25, 0.3) is 0 Å². The van der Waals surface area contributed by atoms with Gasteiger partial charge in [-0.1, -0.05) is 6.92 Å². The van der Waals surface area contributed by atoms with Crippen molar-refractivity contribution in [2.75, 3.05) is 54.4 Å². The van der Waals surface area contributed by atoms with Gasteiger partial charge in [-0.05, 0) is 38.8 Å². The fraction of sp³-hybridized carbons (Fsp3) is 0.882. The maximum absolute atomic E-state index is 12.9. The molecule has 2 aliphatic rings. The number of rotatable bonds is 2. The highest BCUT2D eigenvalue weighted by molar-refractivity contribution is 5.81. The topological polar surface area (TPSA) is 47.1 Å². The van der Waals surface area contributed by atoms with Crippen molar-refractivity contribution in [3.05, 3.63) is 0 Å². The van der Waals surface area contributed by atoms with Crippen molar-refractivity contribution in [3.63, 3.8) is 0 Å². The summed E-state index contributed by atoms with van der Waals surface area (Å²) in [6.45, 7) is 5.63. The van der Waals surface area contributed by atoms with E-state index >= 15 is 0 Å². The van der Waals surface area contributed by atoms with E-state index in [1.165, 1.54) is 0 Å². The summed E-state index contributed by atoms with van der Waals surface area (Å²) in [5.74, 6) is 0.651. The van der Waals surface area contributed by atoms with E-state index in [1.54, 1.807) is 19.0 Å². The number of urea groups is 1. The van der Waals surface area contributed by atoms with Gasteiger partial charge in [0, 0.05) is 46.8 Å². The van der Waals surface area contributed by atoms with Crippen LogP contribution >= 0.6 is 0 Å². The van der Waals surface area contributed by atoms with Crippen LogP contribution in [-0.4, -0.2) is 91.9 Å². The smallest absolute Gasteiger partial charge is 0.319 e. The summed E-state index contributed by atoms with van der Waals surface area (Å²) < 4.78 is 0. The average Bonchev–Trinajstić information content (AvgIpc) is 2.53. The molecule has 2 fully saturated rings. The summed E-state index contributed by atoms with van der Waals surface area (Å²) in [5, 5.41) is 0. The van der Waals surface area contributed by atoms with E-state index in [0.717, 1.165) is 38.9 Å². The first kappa shape index (κ1) is 18.0. The summed E-state index contributed by atoms with van der Waals surface area (Å²) in [6.07, 6.45) is 2.83. The Morgan fingerprint density at radius 2 is 1.74 bits per heavy atom. The monoisotopic (exact) mass is 324 g/mol. The lowest BCUT2D eigenvalue weighted by molar-refractivity contribution is -0.139.